The second kappa shape index (κ2) is 13.0. The second-order valence-electron chi connectivity index (χ2n) is 10.9. The molecule has 2 aromatic carbocycles. The van der Waals surface area contributed by atoms with Crippen LogP contribution < -0.4 is 10.6 Å². The molecule has 1 aliphatic rings. The third-order valence-electron chi connectivity index (χ3n) is 7.90. The Labute approximate surface area is 250 Å². The molecule has 0 spiro atoms. The van der Waals surface area contributed by atoms with Crippen molar-refractivity contribution in [1.29, 1.82) is 0 Å². The van der Waals surface area contributed by atoms with Gasteiger partial charge in [-0.2, -0.15) is 0 Å². The number of amides is 2. The number of H-pyrrole nitrogens is 1. The van der Waals surface area contributed by atoms with E-state index in [9.17, 15) is 9.59 Å². The maximum atomic E-state index is 14.2. The third-order valence-corrected chi connectivity index (χ3v) is 8.76. The van der Waals surface area contributed by atoms with Gasteiger partial charge in [-0.05, 0) is 55.5 Å². The largest absolute Gasteiger partial charge is 0.445 e. The van der Waals surface area contributed by atoms with Crippen molar-refractivity contribution < 1.29 is 14.3 Å². The number of rotatable bonds is 9. The minimum atomic E-state index is -1.33. The van der Waals surface area contributed by atoms with E-state index in [2.05, 4.69) is 20.6 Å². The summed E-state index contributed by atoms with van der Waals surface area (Å²) in [6.45, 7) is 1.64. The van der Waals surface area contributed by atoms with Crippen molar-refractivity contribution in [3.63, 3.8) is 0 Å². The van der Waals surface area contributed by atoms with Gasteiger partial charge in [-0.1, -0.05) is 78.9 Å². The van der Waals surface area contributed by atoms with Gasteiger partial charge < -0.3 is 20.4 Å². The smallest absolute Gasteiger partial charge is 0.408 e. The van der Waals surface area contributed by atoms with Crippen LogP contribution in [0.3, 0.4) is 0 Å². The molecule has 3 N–H and O–H groups in total. The Morgan fingerprint density at radius 1 is 1.02 bits per heavy atom. The monoisotopic (exact) mass is 592 g/mol. The van der Waals surface area contributed by atoms with E-state index >= 15 is 0 Å². The highest BCUT2D eigenvalue weighted by Gasteiger charge is 2.39. The summed E-state index contributed by atoms with van der Waals surface area (Å²) in [5.74, 6) is -0.0430. The summed E-state index contributed by atoms with van der Waals surface area (Å²) in [5, 5.41) is 7.84. The molecule has 2 heterocycles. The molecule has 0 bridgehead atoms. The lowest BCUT2D eigenvalue weighted by Gasteiger charge is -2.35. The van der Waals surface area contributed by atoms with E-state index < -0.39 is 11.6 Å². The van der Waals surface area contributed by atoms with Crippen LogP contribution in [-0.4, -0.2) is 27.5 Å². The van der Waals surface area contributed by atoms with Crippen molar-refractivity contribution in [2.24, 2.45) is 5.92 Å². The highest BCUT2D eigenvalue weighted by atomic mass is 35.5. The lowest BCUT2D eigenvalue weighted by atomic mass is 9.81. The predicted octanol–water partition coefficient (Wildman–Crippen LogP) is 7.54. The van der Waals surface area contributed by atoms with Crippen molar-refractivity contribution in [1.82, 2.24) is 20.6 Å². The summed E-state index contributed by atoms with van der Waals surface area (Å²) in [6.07, 6.45) is 8.60. The van der Waals surface area contributed by atoms with Gasteiger partial charge in [0, 0.05) is 35.3 Å². The molecule has 1 unspecified atom stereocenters. The number of ether oxygens (including phenoxy) is 1. The Bertz CT molecular complexity index is 1500. The lowest BCUT2D eigenvalue weighted by Crippen LogP contribution is -2.59. The third kappa shape index (κ3) is 6.85. The van der Waals surface area contributed by atoms with Crippen LogP contribution in [-0.2, 0) is 22.6 Å². The Hall–Kier alpha value is -3.55. The number of fused-ring (bicyclic) bond motifs is 1. The van der Waals surface area contributed by atoms with Crippen LogP contribution in [0.2, 0.25) is 10.0 Å². The van der Waals surface area contributed by atoms with E-state index in [1.165, 1.54) is 6.42 Å². The van der Waals surface area contributed by atoms with Crippen LogP contribution in [0.1, 0.15) is 61.9 Å². The fourth-order valence-corrected chi connectivity index (χ4v) is 6.04. The first-order chi connectivity index (χ1) is 19.8. The maximum absolute atomic E-state index is 14.2. The molecule has 0 saturated heterocycles. The summed E-state index contributed by atoms with van der Waals surface area (Å²) in [5.41, 5.74) is 1.92. The van der Waals surface area contributed by atoms with Crippen LogP contribution in [0.15, 0.2) is 73.1 Å². The highest BCUT2D eigenvalue weighted by Crippen LogP contribution is 2.34. The summed E-state index contributed by atoms with van der Waals surface area (Å²) in [4.78, 5) is 35.2. The van der Waals surface area contributed by atoms with Crippen LogP contribution >= 0.6 is 23.2 Å². The number of aromatic nitrogens is 2. The normalized spacial score (nSPS) is 16.1. The number of benzene rings is 2. The number of hydrogen-bond donors (Lipinski definition) is 3. The fraction of sp³-hybridized carbons (Fsp3) is 0.344. The molecule has 1 fully saturated rings. The van der Waals surface area contributed by atoms with Crippen molar-refractivity contribution in [3.05, 3.63) is 99.9 Å². The SMILES string of the molecule is C[C@@](Cc1c[nH]c2ccccc12)(NC(=O)OCc1cccc(Cl)c1Cl)C(=O)NC(c1ccccn1)C1CCCCC1. The highest BCUT2D eigenvalue weighted by molar-refractivity contribution is 6.42. The number of para-hydroxylation sites is 1. The number of pyridine rings is 1. The minimum Gasteiger partial charge on any atom is -0.445 e. The molecule has 7 nitrogen and oxygen atoms in total. The number of nitrogens with zero attached hydrogens (tertiary/aromatic N) is 1. The predicted molar refractivity (Wildman–Crippen MR) is 162 cm³/mol. The molecule has 0 radical (unpaired) electrons. The van der Waals surface area contributed by atoms with Gasteiger partial charge in [0.05, 0.1) is 21.8 Å². The molecule has 214 valence electrons. The maximum Gasteiger partial charge on any atom is 0.408 e. The quantitative estimate of drug-likeness (QED) is 0.187. The fourth-order valence-electron chi connectivity index (χ4n) is 5.67. The van der Waals surface area contributed by atoms with E-state index in [1.54, 1.807) is 31.3 Å². The van der Waals surface area contributed by atoms with Gasteiger partial charge in [0.1, 0.15) is 12.1 Å². The Morgan fingerprint density at radius 3 is 2.59 bits per heavy atom. The number of halogens is 2. The molecule has 2 aromatic heterocycles. The number of alkyl carbamates (subject to hydrolysis) is 1. The van der Waals surface area contributed by atoms with E-state index in [0.717, 1.165) is 47.8 Å². The van der Waals surface area contributed by atoms with Crippen molar-refractivity contribution in [2.45, 2.75) is 63.6 Å². The van der Waals surface area contributed by atoms with Crippen LogP contribution in [0.4, 0.5) is 4.79 Å². The number of carbonyl (C=O) groups is 2. The zero-order valence-corrected chi connectivity index (χ0v) is 24.5. The molecule has 9 heteroatoms. The second-order valence-corrected chi connectivity index (χ2v) is 11.7. The molecule has 41 heavy (non-hydrogen) atoms. The van der Waals surface area contributed by atoms with Crippen LogP contribution in [0.5, 0.6) is 0 Å². The van der Waals surface area contributed by atoms with E-state index in [1.807, 2.05) is 48.7 Å². The minimum absolute atomic E-state index is 0.0886. The van der Waals surface area contributed by atoms with Crippen LogP contribution in [0.25, 0.3) is 10.9 Å². The number of nitrogens with one attached hydrogen (secondary N) is 3. The molecular weight excluding hydrogens is 559 g/mol. The lowest BCUT2D eigenvalue weighted by molar-refractivity contribution is -0.128. The summed E-state index contributed by atoms with van der Waals surface area (Å²) < 4.78 is 5.53. The van der Waals surface area contributed by atoms with E-state index in [-0.39, 0.29) is 30.9 Å². The average Bonchev–Trinajstić information content (AvgIpc) is 3.39. The Balaban J connectivity index is 1.41. The zero-order chi connectivity index (χ0) is 28.8. The Kier molecular flexibility index (Phi) is 9.15. The summed E-state index contributed by atoms with van der Waals surface area (Å²) in [7, 11) is 0. The van der Waals surface area contributed by atoms with Crippen molar-refractivity contribution in [3.8, 4) is 0 Å². The van der Waals surface area contributed by atoms with Gasteiger partial charge in [-0.3, -0.25) is 9.78 Å². The van der Waals surface area contributed by atoms with Gasteiger partial charge in [-0.25, -0.2) is 4.79 Å². The van der Waals surface area contributed by atoms with Gasteiger partial charge in [0.15, 0.2) is 0 Å². The first kappa shape index (κ1) is 29.0. The van der Waals surface area contributed by atoms with E-state index in [4.69, 9.17) is 27.9 Å². The molecule has 4 aromatic rings. The van der Waals surface area contributed by atoms with E-state index in [0.29, 0.717) is 15.6 Å². The number of aromatic amines is 1. The standard InChI is InChI=1S/C32H34Cl2N4O3/c1-32(18-23-19-36-26-15-6-5-13-24(23)26,38-31(40)41-20-22-12-9-14-25(33)28(22)34)30(39)37-29(21-10-3-2-4-11-21)27-16-7-8-17-35-27/h5-9,12-17,19,21,29,36H,2-4,10-11,18,20H2,1H3,(H,37,39)(H,38,40)/t29?,32-/m0/s1. The molecule has 5 rings (SSSR count). The average molecular weight is 594 g/mol. The first-order valence-corrected chi connectivity index (χ1v) is 14.7. The first-order valence-electron chi connectivity index (χ1n) is 14.0. The number of hydrogen-bond acceptors (Lipinski definition) is 4. The van der Waals surface area contributed by atoms with Crippen molar-refractivity contribution in [2.75, 3.05) is 0 Å². The van der Waals surface area contributed by atoms with Gasteiger partial charge in [0.2, 0.25) is 5.91 Å². The van der Waals surface area contributed by atoms with Gasteiger partial charge >= 0.3 is 6.09 Å². The molecule has 0 aliphatic heterocycles. The number of carbonyl (C=O) groups excluding carboxylic acids is 2. The Morgan fingerprint density at radius 2 is 1.80 bits per heavy atom. The van der Waals surface area contributed by atoms with Crippen molar-refractivity contribution >= 4 is 46.1 Å². The summed E-state index contributed by atoms with van der Waals surface area (Å²) in [6, 6.07) is 18.5. The molecular formula is C32H34Cl2N4O3. The zero-order valence-electron chi connectivity index (χ0n) is 23.0. The molecule has 1 aliphatic carbocycles. The topological polar surface area (TPSA) is 96.1 Å². The molecule has 1 saturated carbocycles. The summed E-state index contributed by atoms with van der Waals surface area (Å²) >= 11 is 12.4. The van der Waals surface area contributed by atoms with Crippen LogP contribution in [0, 0.1) is 5.92 Å². The molecule has 2 atom stereocenters. The molecule has 2 amide bonds. The van der Waals surface area contributed by atoms with Gasteiger partial charge in [0.25, 0.3) is 0 Å². The van der Waals surface area contributed by atoms with Gasteiger partial charge in [-0.15, -0.1) is 0 Å².